The maximum absolute atomic E-state index is 13.0. The summed E-state index contributed by atoms with van der Waals surface area (Å²) in [5.41, 5.74) is 1.63. The van der Waals surface area contributed by atoms with Crippen molar-refractivity contribution in [1.29, 1.82) is 0 Å². The Balaban J connectivity index is 1.50. The van der Waals surface area contributed by atoms with Gasteiger partial charge in [0.15, 0.2) is 5.96 Å². The molecule has 1 aromatic carbocycles. The lowest BCUT2D eigenvalue weighted by atomic mass is 10.2. The topological polar surface area (TPSA) is 62.5 Å². The van der Waals surface area contributed by atoms with Crippen molar-refractivity contribution in [2.75, 3.05) is 19.6 Å². The highest BCUT2D eigenvalue weighted by atomic mass is 19.1. The van der Waals surface area contributed by atoms with E-state index in [4.69, 9.17) is 4.42 Å². The molecule has 0 bridgehead atoms. The van der Waals surface area contributed by atoms with Crippen molar-refractivity contribution in [3.05, 3.63) is 42.0 Å². The van der Waals surface area contributed by atoms with Crippen molar-refractivity contribution in [2.24, 2.45) is 10.9 Å². The fourth-order valence-electron chi connectivity index (χ4n) is 2.32. The summed E-state index contributed by atoms with van der Waals surface area (Å²) < 4.78 is 18.4. The summed E-state index contributed by atoms with van der Waals surface area (Å²) in [5.74, 6) is 1.87. The van der Waals surface area contributed by atoms with Crippen molar-refractivity contribution in [3.63, 3.8) is 0 Å². The first-order valence-electron chi connectivity index (χ1n) is 8.47. The summed E-state index contributed by atoms with van der Waals surface area (Å²) in [6.07, 6.45) is 4.98. The number of benzene rings is 1. The number of hydrogen-bond acceptors (Lipinski definition) is 3. The lowest BCUT2D eigenvalue weighted by molar-refractivity contribution is 0.571. The molecule has 1 aliphatic rings. The molecule has 24 heavy (non-hydrogen) atoms. The molecule has 1 fully saturated rings. The number of guanidine groups is 1. The molecule has 1 aliphatic carbocycles. The van der Waals surface area contributed by atoms with E-state index in [9.17, 15) is 4.39 Å². The molecule has 1 heterocycles. The monoisotopic (exact) mass is 330 g/mol. The van der Waals surface area contributed by atoms with Crippen molar-refractivity contribution in [2.45, 2.75) is 26.2 Å². The van der Waals surface area contributed by atoms with Crippen molar-refractivity contribution in [1.82, 2.24) is 15.6 Å². The van der Waals surface area contributed by atoms with Gasteiger partial charge in [0.1, 0.15) is 12.1 Å². The van der Waals surface area contributed by atoms with Gasteiger partial charge in [0.05, 0.1) is 5.69 Å². The van der Waals surface area contributed by atoms with Gasteiger partial charge in [-0.05, 0) is 49.9 Å². The van der Waals surface area contributed by atoms with Gasteiger partial charge < -0.3 is 15.1 Å². The summed E-state index contributed by atoms with van der Waals surface area (Å²) in [6.45, 7) is 4.52. The molecule has 0 unspecified atom stereocenters. The van der Waals surface area contributed by atoms with E-state index < -0.39 is 0 Å². The Hall–Kier alpha value is -2.37. The van der Waals surface area contributed by atoms with Gasteiger partial charge in [-0.1, -0.05) is 0 Å². The first-order chi connectivity index (χ1) is 11.7. The van der Waals surface area contributed by atoms with Gasteiger partial charge in [-0.15, -0.1) is 0 Å². The van der Waals surface area contributed by atoms with Crippen LogP contribution in [-0.4, -0.2) is 30.6 Å². The van der Waals surface area contributed by atoms with Crippen LogP contribution in [-0.2, 0) is 6.42 Å². The molecule has 2 aromatic rings. The third-order valence-electron chi connectivity index (χ3n) is 3.87. The molecule has 5 nitrogen and oxygen atoms in total. The SMILES string of the molecule is CCNC(=NCC1CC1)NCCc1coc(-c2ccc(F)cc2)n1. The zero-order valence-electron chi connectivity index (χ0n) is 13.9. The van der Waals surface area contributed by atoms with Gasteiger partial charge in [-0.3, -0.25) is 4.99 Å². The summed E-state index contributed by atoms with van der Waals surface area (Å²) in [7, 11) is 0. The van der Waals surface area contributed by atoms with E-state index in [0.29, 0.717) is 5.89 Å². The van der Waals surface area contributed by atoms with E-state index in [1.807, 2.05) is 0 Å². The highest BCUT2D eigenvalue weighted by Gasteiger charge is 2.20. The Morgan fingerprint density at radius 2 is 2.08 bits per heavy atom. The van der Waals surface area contributed by atoms with Crippen molar-refractivity contribution in [3.8, 4) is 11.5 Å². The van der Waals surface area contributed by atoms with Crippen LogP contribution in [0, 0.1) is 11.7 Å². The Kier molecular flexibility index (Phi) is 5.46. The molecule has 0 aliphatic heterocycles. The molecule has 128 valence electrons. The number of aromatic nitrogens is 1. The van der Waals surface area contributed by atoms with Crippen LogP contribution in [0.3, 0.4) is 0 Å². The van der Waals surface area contributed by atoms with Crippen LogP contribution in [0.1, 0.15) is 25.5 Å². The summed E-state index contributed by atoms with van der Waals surface area (Å²) in [5, 5.41) is 6.56. The fraction of sp³-hybridized carbons (Fsp3) is 0.444. The molecular formula is C18H23FN4O. The molecular weight excluding hydrogens is 307 g/mol. The maximum atomic E-state index is 13.0. The molecule has 0 saturated heterocycles. The summed E-state index contributed by atoms with van der Waals surface area (Å²) >= 11 is 0. The number of rotatable bonds is 7. The van der Waals surface area contributed by atoms with E-state index in [0.717, 1.165) is 49.2 Å². The van der Waals surface area contributed by atoms with Crippen molar-refractivity contribution < 1.29 is 8.81 Å². The summed E-state index contributed by atoms with van der Waals surface area (Å²) in [4.78, 5) is 9.03. The third-order valence-corrected chi connectivity index (χ3v) is 3.87. The van der Waals surface area contributed by atoms with Gasteiger partial charge in [0, 0.05) is 31.6 Å². The second-order valence-corrected chi connectivity index (χ2v) is 5.99. The predicted octanol–water partition coefficient (Wildman–Crippen LogP) is 2.99. The Morgan fingerprint density at radius 3 is 2.79 bits per heavy atom. The Bertz CT molecular complexity index is 677. The molecule has 2 N–H and O–H groups in total. The fourth-order valence-corrected chi connectivity index (χ4v) is 2.32. The average molecular weight is 330 g/mol. The zero-order chi connectivity index (χ0) is 16.8. The van der Waals surface area contributed by atoms with Gasteiger partial charge in [0.2, 0.25) is 5.89 Å². The van der Waals surface area contributed by atoms with Crippen molar-refractivity contribution >= 4 is 5.96 Å². The number of aliphatic imine (C=N–C) groups is 1. The first-order valence-corrected chi connectivity index (χ1v) is 8.47. The van der Waals surface area contributed by atoms with Crippen LogP contribution in [0.5, 0.6) is 0 Å². The predicted molar refractivity (Wildman–Crippen MR) is 92.3 cm³/mol. The highest BCUT2D eigenvalue weighted by Crippen LogP contribution is 2.28. The van der Waals surface area contributed by atoms with E-state index >= 15 is 0 Å². The smallest absolute Gasteiger partial charge is 0.226 e. The second kappa shape index (κ2) is 7.95. The van der Waals surface area contributed by atoms with E-state index in [1.165, 1.54) is 25.0 Å². The minimum atomic E-state index is -0.267. The lowest BCUT2D eigenvalue weighted by Gasteiger charge is -2.10. The largest absolute Gasteiger partial charge is 0.444 e. The van der Waals surface area contributed by atoms with E-state index in [-0.39, 0.29) is 5.82 Å². The zero-order valence-corrected chi connectivity index (χ0v) is 13.9. The molecule has 3 rings (SSSR count). The van der Waals surface area contributed by atoms with Crippen LogP contribution >= 0.6 is 0 Å². The number of nitrogens with zero attached hydrogens (tertiary/aromatic N) is 2. The standard InChI is InChI=1S/C18H23FN4O/c1-2-20-18(22-11-13-3-4-13)21-10-9-16-12-24-17(23-16)14-5-7-15(19)8-6-14/h5-8,12-13H,2-4,9-11H2,1H3,(H2,20,21,22). The van der Waals surface area contributed by atoms with E-state index in [2.05, 4.69) is 27.5 Å². The molecule has 1 saturated carbocycles. The minimum Gasteiger partial charge on any atom is -0.444 e. The molecule has 0 amide bonds. The molecule has 6 heteroatoms. The molecule has 0 spiro atoms. The third kappa shape index (κ3) is 4.81. The van der Waals surface area contributed by atoms with Crippen LogP contribution in [0.25, 0.3) is 11.5 Å². The number of nitrogens with one attached hydrogen (secondary N) is 2. The highest BCUT2D eigenvalue weighted by molar-refractivity contribution is 5.79. The van der Waals surface area contributed by atoms with Crippen LogP contribution in [0.2, 0.25) is 0 Å². The minimum absolute atomic E-state index is 0.267. The van der Waals surface area contributed by atoms with Gasteiger partial charge in [0.25, 0.3) is 0 Å². The molecule has 1 aromatic heterocycles. The quantitative estimate of drug-likeness (QED) is 0.605. The van der Waals surface area contributed by atoms with Gasteiger partial charge in [-0.2, -0.15) is 0 Å². The van der Waals surface area contributed by atoms with Crippen LogP contribution < -0.4 is 10.6 Å². The Labute approximate surface area is 141 Å². The van der Waals surface area contributed by atoms with Gasteiger partial charge >= 0.3 is 0 Å². The maximum Gasteiger partial charge on any atom is 0.226 e. The number of oxazole rings is 1. The average Bonchev–Trinajstić information content (AvgIpc) is 3.30. The van der Waals surface area contributed by atoms with E-state index in [1.54, 1.807) is 18.4 Å². The van der Waals surface area contributed by atoms with Crippen LogP contribution in [0.15, 0.2) is 39.9 Å². The Morgan fingerprint density at radius 1 is 1.29 bits per heavy atom. The lowest BCUT2D eigenvalue weighted by Crippen LogP contribution is -2.38. The first kappa shape index (κ1) is 16.5. The normalized spacial score (nSPS) is 14.7. The second-order valence-electron chi connectivity index (χ2n) is 5.99. The van der Waals surface area contributed by atoms with Crippen LogP contribution in [0.4, 0.5) is 4.39 Å². The molecule has 0 atom stereocenters. The molecule has 0 radical (unpaired) electrons. The summed E-state index contributed by atoms with van der Waals surface area (Å²) in [6, 6.07) is 6.13. The van der Waals surface area contributed by atoms with Gasteiger partial charge in [-0.25, -0.2) is 9.37 Å². The number of hydrogen-bond donors (Lipinski definition) is 2. The number of halogens is 1.